The number of hydrogen-bond donors (Lipinski definition) is 0. The summed E-state index contributed by atoms with van der Waals surface area (Å²) < 4.78 is 0. The summed E-state index contributed by atoms with van der Waals surface area (Å²) in [6, 6.07) is 0. The van der Waals surface area contributed by atoms with Crippen LogP contribution in [0.25, 0.3) is 0 Å². The molecule has 3 rings (SSSR count). The zero-order valence-corrected chi connectivity index (χ0v) is 6.93. The van der Waals surface area contributed by atoms with Crippen LogP contribution in [0, 0.1) is 11.8 Å². The molecule has 0 aromatic heterocycles. The molecule has 4 unspecified atom stereocenters. The van der Waals surface area contributed by atoms with Gasteiger partial charge in [0, 0.05) is 0 Å². The molecule has 1 saturated carbocycles. The van der Waals surface area contributed by atoms with Crippen molar-refractivity contribution in [2.75, 3.05) is 0 Å². The smallest absolute Gasteiger partial charge is 0.0701 e. The molecule has 0 aromatic rings. The topological polar surface area (TPSA) is 0 Å². The van der Waals surface area contributed by atoms with Crippen LogP contribution in [-0.4, -0.2) is 31.4 Å². The van der Waals surface area contributed by atoms with E-state index in [2.05, 4.69) is 12.2 Å². The second-order valence-electron chi connectivity index (χ2n) is 3.85. The summed E-state index contributed by atoms with van der Waals surface area (Å²) in [6.07, 6.45) is 4.12. The van der Waals surface area contributed by atoms with E-state index >= 15 is 0 Å². The van der Waals surface area contributed by atoms with Gasteiger partial charge in [-0.25, -0.2) is 0 Å². The van der Waals surface area contributed by atoms with E-state index in [0.29, 0.717) is 0 Å². The summed E-state index contributed by atoms with van der Waals surface area (Å²) >= 11 is 0. The lowest BCUT2D eigenvalue weighted by Gasteiger charge is -2.51. The van der Waals surface area contributed by atoms with Gasteiger partial charge in [-0.1, -0.05) is 35.4 Å². The SMILES string of the molecule is [B]C1C([B])C2C=CC1C([B])C2[B]. The first-order valence-corrected chi connectivity index (χ1v) is 4.33. The van der Waals surface area contributed by atoms with E-state index in [-0.39, 0.29) is 35.1 Å². The molecule has 0 aromatic carbocycles. The van der Waals surface area contributed by atoms with Gasteiger partial charge in [-0.3, -0.25) is 0 Å². The molecular formula is C8H8B4. The average Bonchev–Trinajstić information content (AvgIpc) is 2.05. The van der Waals surface area contributed by atoms with Gasteiger partial charge in [0.05, 0.1) is 31.4 Å². The highest BCUT2D eigenvalue weighted by atomic mass is 14.4. The number of hydrogen-bond acceptors (Lipinski definition) is 0. The number of allylic oxidation sites excluding steroid dienone is 2. The van der Waals surface area contributed by atoms with Gasteiger partial charge in [0.15, 0.2) is 0 Å². The predicted molar refractivity (Wildman–Crippen MR) is 54.1 cm³/mol. The summed E-state index contributed by atoms with van der Waals surface area (Å²) in [7, 11) is 23.6. The van der Waals surface area contributed by atoms with Gasteiger partial charge in [-0.05, 0) is 11.8 Å². The normalized spacial score (nSPS) is 57.3. The van der Waals surface area contributed by atoms with Crippen molar-refractivity contribution in [2.24, 2.45) is 11.8 Å². The highest BCUT2D eigenvalue weighted by Crippen LogP contribution is 2.57. The summed E-state index contributed by atoms with van der Waals surface area (Å²) in [5.41, 5.74) is 0. The first kappa shape index (κ1) is 8.59. The fraction of sp³-hybridized carbons (Fsp3) is 0.750. The highest BCUT2D eigenvalue weighted by Gasteiger charge is 2.42. The van der Waals surface area contributed by atoms with Crippen LogP contribution in [0.3, 0.4) is 0 Å². The van der Waals surface area contributed by atoms with E-state index in [1.165, 1.54) is 0 Å². The second-order valence-corrected chi connectivity index (χ2v) is 3.85. The molecule has 0 amide bonds. The molecule has 4 atom stereocenters. The van der Waals surface area contributed by atoms with Crippen molar-refractivity contribution in [2.45, 2.75) is 23.3 Å². The molecule has 0 N–H and O–H groups in total. The van der Waals surface area contributed by atoms with Gasteiger partial charge in [0.25, 0.3) is 0 Å². The maximum atomic E-state index is 5.90. The van der Waals surface area contributed by atoms with Gasteiger partial charge >= 0.3 is 0 Å². The molecule has 0 nitrogen and oxygen atoms in total. The zero-order chi connectivity index (χ0) is 8.88. The van der Waals surface area contributed by atoms with E-state index in [0.717, 1.165) is 0 Å². The van der Waals surface area contributed by atoms with Crippen LogP contribution in [0.2, 0.25) is 23.3 Å². The molecule has 3 aliphatic rings. The summed E-state index contributed by atoms with van der Waals surface area (Å²) in [4.78, 5) is 0. The third-order valence-electron chi connectivity index (χ3n) is 3.22. The summed E-state index contributed by atoms with van der Waals surface area (Å²) in [5, 5.41) is 0. The molecule has 0 heterocycles. The fourth-order valence-corrected chi connectivity index (χ4v) is 2.31. The Bertz CT molecular complexity index is 177. The second kappa shape index (κ2) is 2.75. The quantitative estimate of drug-likeness (QED) is 0.348. The van der Waals surface area contributed by atoms with Gasteiger partial charge in [-0.2, -0.15) is 0 Å². The van der Waals surface area contributed by atoms with Crippen LogP contribution in [0.5, 0.6) is 0 Å². The molecule has 2 bridgehead atoms. The Morgan fingerprint density at radius 2 is 0.833 bits per heavy atom. The van der Waals surface area contributed by atoms with E-state index in [9.17, 15) is 0 Å². The Labute approximate surface area is 79.2 Å². The minimum atomic E-state index is -0.0187. The molecule has 52 valence electrons. The van der Waals surface area contributed by atoms with E-state index < -0.39 is 0 Å². The number of fused-ring (bicyclic) bond motifs is 2. The van der Waals surface area contributed by atoms with Crippen LogP contribution in [-0.2, 0) is 0 Å². The molecule has 12 heavy (non-hydrogen) atoms. The first-order chi connectivity index (χ1) is 5.63. The minimum Gasteiger partial charge on any atom is -0.0861 e. The standard InChI is InChI=1S/C8H8B4/c9-5-3-1-2-4(7(5)11)8(12)6(3)10/h1-8H. The first-order valence-electron chi connectivity index (χ1n) is 4.33. The van der Waals surface area contributed by atoms with Crippen LogP contribution in [0.1, 0.15) is 0 Å². The largest absolute Gasteiger partial charge is 0.0861 e. The minimum absolute atomic E-state index is 0.0187. The van der Waals surface area contributed by atoms with Crippen molar-refractivity contribution >= 4 is 31.4 Å². The van der Waals surface area contributed by atoms with Crippen molar-refractivity contribution in [3.63, 3.8) is 0 Å². The lowest BCUT2D eigenvalue weighted by atomic mass is 9.37. The van der Waals surface area contributed by atoms with Crippen LogP contribution in [0.15, 0.2) is 12.2 Å². The Morgan fingerprint density at radius 3 is 1.08 bits per heavy atom. The van der Waals surface area contributed by atoms with Crippen molar-refractivity contribution < 1.29 is 0 Å². The highest BCUT2D eigenvalue weighted by molar-refractivity contribution is 6.27. The van der Waals surface area contributed by atoms with Crippen molar-refractivity contribution in [3.05, 3.63) is 12.2 Å². The molecule has 0 aliphatic heterocycles. The van der Waals surface area contributed by atoms with Gasteiger partial charge in [0.1, 0.15) is 0 Å². The predicted octanol–water partition coefficient (Wildman–Crippen LogP) is 0.630. The molecular weight excluding hydrogens is 139 g/mol. The lowest BCUT2D eigenvalue weighted by Crippen LogP contribution is -2.38. The van der Waals surface area contributed by atoms with Crippen molar-refractivity contribution in [1.82, 2.24) is 0 Å². The van der Waals surface area contributed by atoms with E-state index in [4.69, 9.17) is 31.4 Å². The van der Waals surface area contributed by atoms with Crippen LogP contribution >= 0.6 is 0 Å². The monoisotopic (exact) mass is 148 g/mol. The Morgan fingerprint density at radius 1 is 0.583 bits per heavy atom. The third kappa shape index (κ3) is 0.963. The van der Waals surface area contributed by atoms with Gasteiger partial charge < -0.3 is 0 Å². The van der Waals surface area contributed by atoms with Crippen molar-refractivity contribution in [1.29, 1.82) is 0 Å². The van der Waals surface area contributed by atoms with Gasteiger partial charge in [0.2, 0.25) is 0 Å². The Hall–Kier alpha value is -0.000260. The van der Waals surface area contributed by atoms with E-state index in [1.54, 1.807) is 0 Å². The molecule has 8 radical (unpaired) electrons. The zero-order valence-electron chi connectivity index (χ0n) is 6.93. The van der Waals surface area contributed by atoms with Crippen molar-refractivity contribution in [3.8, 4) is 0 Å². The molecule has 4 heteroatoms. The Kier molecular flexibility index (Phi) is 1.97. The van der Waals surface area contributed by atoms with Crippen LogP contribution < -0.4 is 0 Å². The molecule has 3 aliphatic carbocycles. The third-order valence-corrected chi connectivity index (χ3v) is 3.22. The summed E-state index contributed by atoms with van der Waals surface area (Å²) in [6.45, 7) is 0. The van der Waals surface area contributed by atoms with Gasteiger partial charge in [-0.15, -0.1) is 0 Å². The maximum Gasteiger partial charge on any atom is 0.0701 e. The van der Waals surface area contributed by atoms with Crippen LogP contribution in [0.4, 0.5) is 0 Å². The maximum absolute atomic E-state index is 5.90. The lowest BCUT2D eigenvalue weighted by molar-refractivity contribution is 0.332. The fourth-order valence-electron chi connectivity index (χ4n) is 2.31. The number of rotatable bonds is 0. The Balaban J connectivity index is 2.32. The summed E-state index contributed by atoms with van der Waals surface area (Å²) in [5.74, 6) is 0.259. The average molecular weight is 147 g/mol. The molecule has 0 saturated heterocycles. The van der Waals surface area contributed by atoms with E-state index in [1.807, 2.05) is 0 Å². The molecule has 1 fully saturated rings. The molecule has 0 spiro atoms.